The number of rotatable bonds is 2. The van der Waals surface area contributed by atoms with E-state index in [2.05, 4.69) is 9.97 Å². The van der Waals surface area contributed by atoms with Gasteiger partial charge in [-0.2, -0.15) is 0 Å². The third-order valence-electron chi connectivity index (χ3n) is 2.81. The fraction of sp³-hybridized carbons (Fsp3) is 0.167. The van der Waals surface area contributed by atoms with Gasteiger partial charge >= 0.3 is 0 Å². The van der Waals surface area contributed by atoms with Gasteiger partial charge in [-0.1, -0.05) is 0 Å². The van der Waals surface area contributed by atoms with E-state index in [0.29, 0.717) is 6.54 Å². The molecule has 0 spiro atoms. The zero-order chi connectivity index (χ0) is 11.8. The van der Waals surface area contributed by atoms with Gasteiger partial charge in [0.1, 0.15) is 17.7 Å². The number of hydrogen-bond acceptors (Lipinski definition) is 4. The summed E-state index contributed by atoms with van der Waals surface area (Å²) < 4.78 is 7.35. The van der Waals surface area contributed by atoms with Crippen LogP contribution >= 0.6 is 0 Å². The largest absolute Gasteiger partial charge is 0.463 e. The SMILES string of the molecule is Cn1cc(CN)c2c(-c3ccco3)ncnc21. The first-order valence-corrected chi connectivity index (χ1v) is 5.34. The molecule has 86 valence electrons. The highest BCUT2D eigenvalue weighted by molar-refractivity contribution is 5.92. The maximum Gasteiger partial charge on any atom is 0.153 e. The Labute approximate surface area is 97.9 Å². The quantitative estimate of drug-likeness (QED) is 0.724. The number of fused-ring (bicyclic) bond motifs is 1. The zero-order valence-electron chi connectivity index (χ0n) is 9.42. The minimum absolute atomic E-state index is 0.457. The van der Waals surface area contributed by atoms with Crippen molar-refractivity contribution in [3.63, 3.8) is 0 Å². The number of aromatic nitrogens is 3. The van der Waals surface area contributed by atoms with E-state index in [4.69, 9.17) is 10.2 Å². The maximum absolute atomic E-state index is 5.75. The molecule has 2 N–H and O–H groups in total. The van der Waals surface area contributed by atoms with Gasteiger partial charge in [0, 0.05) is 19.8 Å². The van der Waals surface area contributed by atoms with E-state index >= 15 is 0 Å². The second-order valence-corrected chi connectivity index (χ2v) is 3.87. The summed E-state index contributed by atoms with van der Waals surface area (Å²) in [6.07, 6.45) is 5.15. The molecule has 5 heteroatoms. The average Bonchev–Trinajstić information content (AvgIpc) is 2.97. The monoisotopic (exact) mass is 228 g/mol. The molecular weight excluding hydrogens is 216 g/mol. The van der Waals surface area contributed by atoms with Crippen molar-refractivity contribution < 1.29 is 4.42 Å². The van der Waals surface area contributed by atoms with Gasteiger partial charge in [-0.15, -0.1) is 0 Å². The summed E-state index contributed by atoms with van der Waals surface area (Å²) >= 11 is 0. The van der Waals surface area contributed by atoms with Crippen molar-refractivity contribution >= 4 is 11.0 Å². The number of hydrogen-bond donors (Lipinski definition) is 1. The Balaban J connectivity index is 2.39. The molecule has 0 aromatic carbocycles. The summed E-state index contributed by atoms with van der Waals surface area (Å²) in [5, 5.41) is 0.965. The molecule has 0 aliphatic rings. The van der Waals surface area contributed by atoms with Crippen LogP contribution in [0.1, 0.15) is 5.56 Å². The van der Waals surface area contributed by atoms with E-state index in [1.165, 1.54) is 0 Å². The Hall–Kier alpha value is -2.14. The summed E-state index contributed by atoms with van der Waals surface area (Å²) in [5.74, 6) is 0.735. The van der Waals surface area contributed by atoms with Gasteiger partial charge in [0.25, 0.3) is 0 Å². The van der Waals surface area contributed by atoms with Crippen molar-refractivity contribution in [3.05, 3.63) is 36.5 Å². The van der Waals surface area contributed by atoms with Crippen LogP contribution in [0.5, 0.6) is 0 Å². The maximum atomic E-state index is 5.75. The molecule has 0 aliphatic carbocycles. The summed E-state index contributed by atoms with van der Waals surface area (Å²) in [7, 11) is 1.94. The Kier molecular flexibility index (Phi) is 2.19. The minimum atomic E-state index is 0.457. The van der Waals surface area contributed by atoms with E-state index in [-0.39, 0.29) is 0 Å². The molecule has 0 radical (unpaired) electrons. The summed E-state index contributed by atoms with van der Waals surface area (Å²) in [6, 6.07) is 3.73. The van der Waals surface area contributed by atoms with Gasteiger partial charge in [0.05, 0.1) is 11.6 Å². The number of furan rings is 1. The molecule has 3 aromatic heterocycles. The van der Waals surface area contributed by atoms with E-state index in [1.807, 2.05) is 29.9 Å². The molecule has 0 fully saturated rings. The predicted octanol–water partition coefficient (Wildman–Crippen LogP) is 1.69. The Morgan fingerprint density at radius 2 is 2.29 bits per heavy atom. The second-order valence-electron chi connectivity index (χ2n) is 3.87. The van der Waals surface area contributed by atoms with E-state index in [0.717, 1.165) is 28.1 Å². The van der Waals surface area contributed by atoms with Crippen LogP contribution in [-0.2, 0) is 13.6 Å². The zero-order valence-corrected chi connectivity index (χ0v) is 9.42. The molecule has 0 bridgehead atoms. The molecule has 0 atom stereocenters. The van der Waals surface area contributed by atoms with Gasteiger partial charge < -0.3 is 14.7 Å². The second kappa shape index (κ2) is 3.71. The summed E-state index contributed by atoms with van der Waals surface area (Å²) in [5.41, 5.74) is 8.43. The Morgan fingerprint density at radius 1 is 1.41 bits per heavy atom. The van der Waals surface area contributed by atoms with Crippen LogP contribution in [0.3, 0.4) is 0 Å². The molecule has 0 aliphatic heterocycles. The van der Waals surface area contributed by atoms with Crippen LogP contribution in [0.15, 0.2) is 35.3 Å². The van der Waals surface area contributed by atoms with E-state index in [9.17, 15) is 0 Å². The standard InChI is InChI=1S/C12H12N4O/c1-16-6-8(5-13)10-11(9-3-2-4-17-9)14-7-15-12(10)16/h2-4,6-7H,5,13H2,1H3. The third-order valence-corrected chi connectivity index (χ3v) is 2.81. The van der Waals surface area contributed by atoms with Crippen molar-refractivity contribution in [3.8, 4) is 11.5 Å². The van der Waals surface area contributed by atoms with Gasteiger partial charge in [0.15, 0.2) is 5.76 Å². The first kappa shape index (κ1) is 10.0. The highest BCUT2D eigenvalue weighted by atomic mass is 16.3. The van der Waals surface area contributed by atoms with Gasteiger partial charge in [-0.25, -0.2) is 9.97 Å². The highest BCUT2D eigenvalue weighted by Gasteiger charge is 2.15. The van der Waals surface area contributed by atoms with Crippen LogP contribution in [0, 0.1) is 0 Å². The van der Waals surface area contributed by atoms with Crippen LogP contribution in [0.25, 0.3) is 22.5 Å². The summed E-state index contributed by atoms with van der Waals surface area (Å²) in [6.45, 7) is 0.457. The molecule has 3 rings (SSSR count). The van der Waals surface area contributed by atoms with E-state index < -0.39 is 0 Å². The Bertz CT molecular complexity index is 655. The molecule has 0 saturated carbocycles. The van der Waals surface area contributed by atoms with E-state index in [1.54, 1.807) is 12.6 Å². The fourth-order valence-electron chi connectivity index (χ4n) is 2.05. The van der Waals surface area contributed by atoms with Crippen LogP contribution in [0.2, 0.25) is 0 Å². The predicted molar refractivity (Wildman–Crippen MR) is 64.1 cm³/mol. The third kappa shape index (κ3) is 1.43. The summed E-state index contributed by atoms with van der Waals surface area (Å²) in [4.78, 5) is 8.57. The molecule has 0 saturated heterocycles. The number of aryl methyl sites for hydroxylation is 1. The highest BCUT2D eigenvalue weighted by Crippen LogP contribution is 2.29. The van der Waals surface area contributed by atoms with Gasteiger partial charge in [0.2, 0.25) is 0 Å². The lowest BCUT2D eigenvalue weighted by molar-refractivity contribution is 0.580. The molecule has 3 heterocycles. The molecule has 17 heavy (non-hydrogen) atoms. The van der Waals surface area contributed by atoms with Crippen LogP contribution in [0.4, 0.5) is 0 Å². The molecule has 3 aromatic rings. The van der Waals surface area contributed by atoms with Crippen LogP contribution in [-0.4, -0.2) is 14.5 Å². The van der Waals surface area contributed by atoms with Crippen molar-refractivity contribution in [2.24, 2.45) is 12.8 Å². The first-order chi connectivity index (χ1) is 8.31. The van der Waals surface area contributed by atoms with Crippen molar-refractivity contribution in [2.75, 3.05) is 0 Å². The van der Waals surface area contributed by atoms with Crippen molar-refractivity contribution in [1.29, 1.82) is 0 Å². The lowest BCUT2D eigenvalue weighted by Gasteiger charge is -2.00. The molecule has 0 amide bonds. The molecule has 0 unspecified atom stereocenters. The molecular formula is C12H12N4O. The van der Waals surface area contributed by atoms with Crippen molar-refractivity contribution in [1.82, 2.24) is 14.5 Å². The molecule has 5 nitrogen and oxygen atoms in total. The lowest BCUT2D eigenvalue weighted by Crippen LogP contribution is -1.96. The topological polar surface area (TPSA) is 69.9 Å². The van der Waals surface area contributed by atoms with Crippen molar-refractivity contribution in [2.45, 2.75) is 6.54 Å². The smallest absolute Gasteiger partial charge is 0.153 e. The van der Waals surface area contributed by atoms with Gasteiger partial charge in [-0.3, -0.25) is 0 Å². The van der Waals surface area contributed by atoms with Crippen LogP contribution < -0.4 is 5.73 Å². The average molecular weight is 228 g/mol. The van der Waals surface area contributed by atoms with Gasteiger partial charge in [-0.05, 0) is 17.7 Å². The fourth-order valence-corrected chi connectivity index (χ4v) is 2.05. The Morgan fingerprint density at radius 3 is 3.00 bits per heavy atom. The lowest BCUT2D eigenvalue weighted by atomic mass is 10.1. The normalized spacial score (nSPS) is 11.2. The minimum Gasteiger partial charge on any atom is -0.463 e. The number of nitrogens with zero attached hydrogens (tertiary/aromatic N) is 3. The number of nitrogens with two attached hydrogens (primary N) is 1. The first-order valence-electron chi connectivity index (χ1n) is 5.34.